The Morgan fingerprint density at radius 2 is 2.00 bits per heavy atom. The van der Waals surface area contributed by atoms with Gasteiger partial charge in [0.15, 0.2) is 5.03 Å². The average molecular weight is 298 g/mol. The maximum absolute atomic E-state index is 12.7. The van der Waals surface area contributed by atoms with Crippen molar-refractivity contribution in [3.63, 3.8) is 0 Å². The number of piperidine rings is 1. The monoisotopic (exact) mass is 298 g/mol. The number of anilines is 1. The molecule has 1 aromatic heterocycles. The third-order valence-electron chi connectivity index (χ3n) is 3.78. The predicted octanol–water partition coefficient (Wildman–Crippen LogP) is 0.838. The molecule has 7 heteroatoms. The van der Waals surface area contributed by atoms with Crippen LogP contribution in [0.4, 0.5) is 5.69 Å². The van der Waals surface area contributed by atoms with Crippen molar-refractivity contribution in [2.75, 3.05) is 39.5 Å². The summed E-state index contributed by atoms with van der Waals surface area (Å²) in [6, 6.07) is 3.91. The van der Waals surface area contributed by atoms with Gasteiger partial charge in [-0.25, -0.2) is 13.4 Å². The highest BCUT2D eigenvalue weighted by Crippen LogP contribution is 2.25. The minimum absolute atomic E-state index is 0.116. The third kappa shape index (κ3) is 2.94. The second-order valence-corrected chi connectivity index (χ2v) is 7.06. The lowest BCUT2D eigenvalue weighted by Crippen LogP contribution is -2.44. The lowest BCUT2D eigenvalue weighted by molar-refractivity contribution is 0.196. The number of nitrogens with one attached hydrogen (secondary N) is 1. The number of rotatable bonds is 4. The fourth-order valence-corrected chi connectivity index (χ4v) is 4.09. The zero-order valence-corrected chi connectivity index (χ0v) is 13.0. The summed E-state index contributed by atoms with van der Waals surface area (Å²) in [6.07, 6.45) is 3.22. The number of aromatic nitrogens is 1. The Kier molecular flexibility index (Phi) is 4.62. The van der Waals surface area contributed by atoms with E-state index in [0.29, 0.717) is 24.8 Å². The topological polar surface area (TPSA) is 65.5 Å². The van der Waals surface area contributed by atoms with Crippen LogP contribution in [-0.4, -0.2) is 62.9 Å². The largest absolute Gasteiger partial charge is 0.386 e. The summed E-state index contributed by atoms with van der Waals surface area (Å²) in [6.45, 7) is 1.09. The Hall–Kier alpha value is -1.18. The van der Waals surface area contributed by atoms with Gasteiger partial charge in [-0.05, 0) is 39.1 Å². The van der Waals surface area contributed by atoms with Crippen molar-refractivity contribution in [1.82, 2.24) is 14.2 Å². The van der Waals surface area contributed by atoms with Gasteiger partial charge in [-0.2, -0.15) is 4.31 Å². The van der Waals surface area contributed by atoms with Gasteiger partial charge in [0.2, 0.25) is 0 Å². The van der Waals surface area contributed by atoms with Gasteiger partial charge in [-0.15, -0.1) is 0 Å². The first-order valence-corrected chi connectivity index (χ1v) is 8.20. The summed E-state index contributed by atoms with van der Waals surface area (Å²) in [4.78, 5) is 6.20. The highest BCUT2D eigenvalue weighted by Gasteiger charge is 2.32. The van der Waals surface area contributed by atoms with E-state index < -0.39 is 10.0 Å². The maximum Gasteiger partial charge on any atom is 0.262 e. The van der Waals surface area contributed by atoms with Crippen LogP contribution < -0.4 is 5.32 Å². The summed E-state index contributed by atoms with van der Waals surface area (Å²) in [7, 11) is 2.26. The summed E-state index contributed by atoms with van der Waals surface area (Å²) in [5.74, 6) is 0. The molecule has 0 saturated carbocycles. The van der Waals surface area contributed by atoms with E-state index in [-0.39, 0.29) is 5.03 Å². The quantitative estimate of drug-likeness (QED) is 0.892. The Morgan fingerprint density at radius 3 is 2.55 bits per heavy atom. The van der Waals surface area contributed by atoms with E-state index in [9.17, 15) is 8.42 Å². The number of sulfonamides is 1. The SMILES string of the molecule is CNc1cccnc1S(=O)(=O)N1CCC(N(C)C)CC1. The highest BCUT2D eigenvalue weighted by atomic mass is 32.2. The van der Waals surface area contributed by atoms with Crippen molar-refractivity contribution in [3.8, 4) is 0 Å². The van der Waals surface area contributed by atoms with Gasteiger partial charge in [-0.1, -0.05) is 0 Å². The molecular weight excluding hydrogens is 276 g/mol. The van der Waals surface area contributed by atoms with Crippen molar-refractivity contribution in [2.45, 2.75) is 23.9 Å². The first-order valence-electron chi connectivity index (χ1n) is 6.76. The standard InChI is InChI=1S/C13H22N4O2S/c1-14-12-5-4-8-15-13(12)20(18,19)17-9-6-11(7-10-17)16(2)3/h4-5,8,11,14H,6-7,9-10H2,1-3H3. The molecule has 112 valence electrons. The highest BCUT2D eigenvalue weighted by molar-refractivity contribution is 7.89. The van der Waals surface area contributed by atoms with Gasteiger partial charge in [0, 0.05) is 32.4 Å². The summed E-state index contributed by atoms with van der Waals surface area (Å²) >= 11 is 0. The van der Waals surface area contributed by atoms with Crippen LogP contribution in [0.15, 0.2) is 23.4 Å². The molecule has 1 aromatic rings. The predicted molar refractivity (Wildman–Crippen MR) is 79.3 cm³/mol. The van der Waals surface area contributed by atoms with Crippen molar-refractivity contribution in [1.29, 1.82) is 0 Å². The Bertz CT molecular complexity index is 551. The first-order chi connectivity index (χ1) is 9.46. The Labute approximate surface area is 120 Å². The zero-order chi connectivity index (χ0) is 14.8. The summed E-state index contributed by atoms with van der Waals surface area (Å²) < 4.78 is 26.8. The molecule has 0 unspecified atom stereocenters. The molecule has 1 aliphatic heterocycles. The van der Waals surface area contributed by atoms with E-state index in [2.05, 4.69) is 15.2 Å². The first kappa shape index (κ1) is 15.2. The van der Waals surface area contributed by atoms with Gasteiger partial charge >= 0.3 is 0 Å². The molecule has 2 heterocycles. The smallest absolute Gasteiger partial charge is 0.262 e. The van der Waals surface area contributed by atoms with Crippen molar-refractivity contribution in [2.24, 2.45) is 0 Å². The average Bonchev–Trinajstić information content (AvgIpc) is 2.47. The fraction of sp³-hybridized carbons (Fsp3) is 0.615. The molecule has 1 fully saturated rings. The molecule has 0 bridgehead atoms. The Morgan fingerprint density at radius 1 is 1.35 bits per heavy atom. The van der Waals surface area contributed by atoms with Gasteiger partial charge in [0.05, 0.1) is 5.69 Å². The molecule has 0 spiro atoms. The Balaban J connectivity index is 2.20. The van der Waals surface area contributed by atoms with E-state index in [1.807, 2.05) is 14.1 Å². The van der Waals surface area contributed by atoms with E-state index in [1.54, 1.807) is 19.2 Å². The van der Waals surface area contributed by atoms with E-state index in [0.717, 1.165) is 12.8 Å². The van der Waals surface area contributed by atoms with Crippen LogP contribution in [0.5, 0.6) is 0 Å². The van der Waals surface area contributed by atoms with Gasteiger partial charge in [-0.3, -0.25) is 0 Å². The van der Waals surface area contributed by atoms with Crippen LogP contribution >= 0.6 is 0 Å². The molecule has 1 saturated heterocycles. The number of hydrogen-bond donors (Lipinski definition) is 1. The summed E-state index contributed by atoms with van der Waals surface area (Å²) in [5, 5.41) is 3.01. The van der Waals surface area contributed by atoms with Gasteiger partial charge < -0.3 is 10.2 Å². The van der Waals surface area contributed by atoms with E-state index in [4.69, 9.17) is 0 Å². The molecule has 1 aliphatic rings. The minimum Gasteiger partial charge on any atom is -0.386 e. The van der Waals surface area contributed by atoms with Crippen LogP contribution in [0.25, 0.3) is 0 Å². The van der Waals surface area contributed by atoms with Crippen LogP contribution in [0.2, 0.25) is 0 Å². The molecule has 1 N–H and O–H groups in total. The van der Waals surface area contributed by atoms with Crippen molar-refractivity contribution in [3.05, 3.63) is 18.3 Å². The minimum atomic E-state index is -3.51. The molecule has 20 heavy (non-hydrogen) atoms. The normalized spacial score (nSPS) is 18.4. The zero-order valence-electron chi connectivity index (χ0n) is 12.2. The van der Waals surface area contributed by atoms with E-state index >= 15 is 0 Å². The second kappa shape index (κ2) is 6.07. The molecule has 6 nitrogen and oxygen atoms in total. The molecule has 0 atom stereocenters. The van der Waals surface area contributed by atoms with Crippen LogP contribution in [-0.2, 0) is 10.0 Å². The van der Waals surface area contributed by atoms with Crippen molar-refractivity contribution >= 4 is 15.7 Å². The maximum atomic E-state index is 12.7. The molecule has 0 aromatic carbocycles. The van der Waals surface area contributed by atoms with Crippen LogP contribution in [0, 0.1) is 0 Å². The van der Waals surface area contributed by atoms with E-state index in [1.165, 1.54) is 10.5 Å². The number of pyridine rings is 1. The fourth-order valence-electron chi connectivity index (χ4n) is 2.51. The van der Waals surface area contributed by atoms with Gasteiger partial charge in [0.1, 0.15) is 0 Å². The lowest BCUT2D eigenvalue weighted by Gasteiger charge is -2.34. The van der Waals surface area contributed by atoms with Crippen LogP contribution in [0.1, 0.15) is 12.8 Å². The summed E-state index contributed by atoms with van der Waals surface area (Å²) in [5.41, 5.74) is 0.544. The molecule has 0 amide bonds. The molecule has 0 radical (unpaired) electrons. The van der Waals surface area contributed by atoms with Crippen LogP contribution in [0.3, 0.4) is 0 Å². The number of hydrogen-bond acceptors (Lipinski definition) is 5. The molecular formula is C13H22N4O2S. The lowest BCUT2D eigenvalue weighted by atomic mass is 10.1. The third-order valence-corrected chi connectivity index (χ3v) is 5.64. The second-order valence-electron chi connectivity index (χ2n) is 5.20. The van der Waals surface area contributed by atoms with Crippen molar-refractivity contribution < 1.29 is 8.42 Å². The van der Waals surface area contributed by atoms with Gasteiger partial charge in [0.25, 0.3) is 10.0 Å². The molecule has 2 rings (SSSR count). The molecule has 0 aliphatic carbocycles. The number of nitrogens with zero attached hydrogens (tertiary/aromatic N) is 3.